The van der Waals surface area contributed by atoms with Crippen LogP contribution in [-0.2, 0) is 6.42 Å². The molecule has 1 aromatic heterocycles. The monoisotopic (exact) mass is 350 g/mol. The third-order valence-corrected chi connectivity index (χ3v) is 4.36. The molecule has 3 rings (SSSR count). The van der Waals surface area contributed by atoms with Gasteiger partial charge in [0.05, 0.1) is 6.54 Å². The Balaban J connectivity index is 1.45. The van der Waals surface area contributed by atoms with E-state index in [1.807, 2.05) is 44.4 Å². The summed E-state index contributed by atoms with van der Waals surface area (Å²) in [5.74, 6) is 1.77. The minimum Gasteiger partial charge on any atom is -0.492 e. The molecular weight excluding hydrogens is 324 g/mol. The smallest absolute Gasteiger partial charge is 0.193 e. The number of hydrogen-bond donors (Lipinski definition) is 2. The normalized spacial score (nSPS) is 11.5. The van der Waals surface area contributed by atoms with Crippen molar-refractivity contribution in [3.63, 3.8) is 0 Å². The second-order valence-electron chi connectivity index (χ2n) is 6.17. The third-order valence-electron chi connectivity index (χ3n) is 4.36. The van der Waals surface area contributed by atoms with Gasteiger partial charge in [-0.25, -0.2) is 0 Å². The Morgan fingerprint density at radius 2 is 1.88 bits per heavy atom. The highest BCUT2D eigenvalue weighted by Gasteiger charge is 2.07. The van der Waals surface area contributed by atoms with Gasteiger partial charge in [0, 0.05) is 37.7 Å². The molecule has 5 nitrogen and oxygen atoms in total. The summed E-state index contributed by atoms with van der Waals surface area (Å²) < 4.78 is 5.75. The zero-order valence-electron chi connectivity index (χ0n) is 15.4. The average Bonchev–Trinajstić information content (AvgIpc) is 3.09. The van der Waals surface area contributed by atoms with E-state index in [9.17, 15) is 0 Å². The first-order valence-corrected chi connectivity index (χ1v) is 8.92. The lowest BCUT2D eigenvalue weighted by molar-refractivity contribution is 0.281. The van der Waals surface area contributed by atoms with Crippen LogP contribution in [0.5, 0.6) is 5.75 Å². The number of nitrogens with zero attached hydrogens (tertiary/aromatic N) is 2. The highest BCUT2D eigenvalue weighted by Crippen LogP contribution is 2.17. The van der Waals surface area contributed by atoms with Crippen molar-refractivity contribution in [2.75, 3.05) is 33.8 Å². The molecule has 3 aromatic rings. The van der Waals surface area contributed by atoms with E-state index in [-0.39, 0.29) is 0 Å². The topological polar surface area (TPSA) is 52.7 Å². The van der Waals surface area contributed by atoms with Gasteiger partial charge in [0.15, 0.2) is 5.96 Å². The second kappa shape index (κ2) is 8.94. The number of aliphatic imine (C=N–C) groups is 1. The lowest BCUT2D eigenvalue weighted by Crippen LogP contribution is -2.41. The molecule has 0 amide bonds. The molecule has 136 valence electrons. The van der Waals surface area contributed by atoms with Crippen LogP contribution in [0.25, 0.3) is 10.9 Å². The van der Waals surface area contributed by atoms with E-state index in [1.165, 1.54) is 16.5 Å². The molecule has 0 saturated heterocycles. The number of fused-ring (bicyclic) bond motifs is 1. The zero-order valence-corrected chi connectivity index (χ0v) is 15.4. The maximum atomic E-state index is 5.75. The van der Waals surface area contributed by atoms with Gasteiger partial charge in [0.1, 0.15) is 12.4 Å². The lowest BCUT2D eigenvalue weighted by Gasteiger charge is -2.22. The van der Waals surface area contributed by atoms with Gasteiger partial charge in [-0.2, -0.15) is 0 Å². The molecule has 1 heterocycles. The van der Waals surface area contributed by atoms with Crippen molar-refractivity contribution in [1.82, 2.24) is 15.2 Å². The van der Waals surface area contributed by atoms with E-state index in [4.69, 9.17) is 4.74 Å². The minimum atomic E-state index is 0.615. The predicted molar refractivity (Wildman–Crippen MR) is 108 cm³/mol. The third kappa shape index (κ3) is 4.57. The van der Waals surface area contributed by atoms with E-state index < -0.39 is 0 Å². The van der Waals surface area contributed by atoms with E-state index in [1.54, 1.807) is 0 Å². The lowest BCUT2D eigenvalue weighted by atomic mass is 10.1. The summed E-state index contributed by atoms with van der Waals surface area (Å²) in [7, 11) is 3.83. The van der Waals surface area contributed by atoms with Crippen LogP contribution < -0.4 is 10.1 Å². The molecule has 0 spiro atoms. The standard InChI is InChI=1S/C21H26N4O/c1-22-21(25(2)14-15-26-18-8-4-3-5-9-18)23-13-12-17-16-24-20-11-7-6-10-19(17)20/h3-11,16,24H,12-15H2,1-2H3,(H,22,23). The molecule has 0 aliphatic carbocycles. The van der Waals surface area contributed by atoms with Gasteiger partial charge in [-0.15, -0.1) is 0 Å². The molecule has 0 aliphatic rings. The van der Waals surface area contributed by atoms with Gasteiger partial charge in [-0.3, -0.25) is 4.99 Å². The molecule has 0 aliphatic heterocycles. The molecule has 26 heavy (non-hydrogen) atoms. The fraction of sp³-hybridized carbons (Fsp3) is 0.286. The second-order valence-corrected chi connectivity index (χ2v) is 6.17. The first-order valence-electron chi connectivity index (χ1n) is 8.92. The van der Waals surface area contributed by atoms with Crippen LogP contribution in [0, 0.1) is 0 Å². The van der Waals surface area contributed by atoms with Gasteiger partial charge in [-0.05, 0) is 30.2 Å². The number of H-pyrrole nitrogens is 1. The number of rotatable bonds is 7. The molecule has 2 N–H and O–H groups in total. The Bertz CT molecular complexity index is 841. The predicted octanol–water partition coefficient (Wildman–Crippen LogP) is 3.30. The molecule has 2 aromatic carbocycles. The van der Waals surface area contributed by atoms with Crippen LogP contribution in [0.3, 0.4) is 0 Å². The number of aromatic nitrogens is 1. The number of likely N-dealkylation sites (N-methyl/N-ethyl adjacent to an activating group) is 1. The molecule has 5 heteroatoms. The number of ether oxygens (including phenoxy) is 1. The van der Waals surface area contributed by atoms with E-state index in [0.717, 1.165) is 31.2 Å². The Morgan fingerprint density at radius 1 is 1.12 bits per heavy atom. The summed E-state index contributed by atoms with van der Waals surface area (Å²) in [5, 5.41) is 4.71. The summed E-state index contributed by atoms with van der Waals surface area (Å²) >= 11 is 0. The molecule has 0 fully saturated rings. The Morgan fingerprint density at radius 3 is 2.69 bits per heavy atom. The van der Waals surface area contributed by atoms with Gasteiger partial charge in [-0.1, -0.05) is 36.4 Å². The summed E-state index contributed by atoms with van der Waals surface area (Å²) in [6.45, 7) is 2.21. The van der Waals surface area contributed by atoms with Crippen LogP contribution in [0.1, 0.15) is 5.56 Å². The average molecular weight is 350 g/mol. The van der Waals surface area contributed by atoms with Gasteiger partial charge >= 0.3 is 0 Å². The van der Waals surface area contributed by atoms with E-state index in [2.05, 4.69) is 50.7 Å². The first kappa shape index (κ1) is 17.9. The highest BCUT2D eigenvalue weighted by molar-refractivity contribution is 5.83. The first-order chi connectivity index (χ1) is 12.8. The van der Waals surface area contributed by atoms with Crippen LogP contribution in [0.2, 0.25) is 0 Å². The van der Waals surface area contributed by atoms with Gasteiger partial charge < -0.3 is 19.9 Å². The van der Waals surface area contributed by atoms with Crippen molar-refractivity contribution >= 4 is 16.9 Å². The molecule has 0 unspecified atom stereocenters. The fourth-order valence-electron chi connectivity index (χ4n) is 2.96. The summed E-state index contributed by atoms with van der Waals surface area (Å²) in [6, 6.07) is 18.3. The fourth-order valence-corrected chi connectivity index (χ4v) is 2.96. The van der Waals surface area contributed by atoms with Crippen molar-refractivity contribution in [1.29, 1.82) is 0 Å². The van der Waals surface area contributed by atoms with E-state index >= 15 is 0 Å². The Labute approximate surface area is 154 Å². The largest absolute Gasteiger partial charge is 0.492 e. The number of para-hydroxylation sites is 2. The molecular formula is C21H26N4O. The maximum Gasteiger partial charge on any atom is 0.193 e. The summed E-state index contributed by atoms with van der Waals surface area (Å²) in [6.07, 6.45) is 3.03. The number of benzene rings is 2. The molecule has 0 radical (unpaired) electrons. The Kier molecular flexibility index (Phi) is 6.14. The zero-order chi connectivity index (χ0) is 18.2. The summed E-state index contributed by atoms with van der Waals surface area (Å²) in [4.78, 5) is 9.77. The quantitative estimate of drug-likeness (QED) is 0.508. The van der Waals surface area contributed by atoms with Crippen LogP contribution in [0.4, 0.5) is 0 Å². The van der Waals surface area contributed by atoms with Crippen LogP contribution in [-0.4, -0.2) is 49.6 Å². The van der Waals surface area contributed by atoms with Crippen molar-refractivity contribution in [3.8, 4) is 5.75 Å². The molecule has 0 bridgehead atoms. The number of guanidine groups is 1. The highest BCUT2D eigenvalue weighted by atomic mass is 16.5. The van der Waals surface area contributed by atoms with Crippen molar-refractivity contribution in [3.05, 3.63) is 66.4 Å². The van der Waals surface area contributed by atoms with Gasteiger partial charge in [0.2, 0.25) is 0 Å². The number of aromatic amines is 1. The SMILES string of the molecule is CN=C(NCCc1c[nH]c2ccccc12)N(C)CCOc1ccccc1. The maximum absolute atomic E-state index is 5.75. The van der Waals surface area contributed by atoms with Crippen LogP contribution >= 0.6 is 0 Å². The number of nitrogens with one attached hydrogen (secondary N) is 2. The summed E-state index contributed by atoms with van der Waals surface area (Å²) in [5.41, 5.74) is 2.50. The molecule has 0 saturated carbocycles. The minimum absolute atomic E-state index is 0.615. The van der Waals surface area contributed by atoms with Crippen molar-refractivity contribution in [2.24, 2.45) is 4.99 Å². The Hall–Kier alpha value is -2.95. The molecule has 0 atom stereocenters. The van der Waals surface area contributed by atoms with Crippen molar-refractivity contribution in [2.45, 2.75) is 6.42 Å². The van der Waals surface area contributed by atoms with Gasteiger partial charge in [0.25, 0.3) is 0 Å². The van der Waals surface area contributed by atoms with Crippen LogP contribution in [0.15, 0.2) is 65.8 Å². The van der Waals surface area contributed by atoms with Crippen molar-refractivity contribution < 1.29 is 4.74 Å². The van der Waals surface area contributed by atoms with E-state index in [0.29, 0.717) is 6.61 Å². The number of hydrogen-bond acceptors (Lipinski definition) is 2.